The van der Waals surface area contributed by atoms with Crippen molar-refractivity contribution in [2.75, 3.05) is 0 Å². The van der Waals surface area contributed by atoms with Crippen molar-refractivity contribution in [3.8, 4) is 0 Å². The monoisotopic (exact) mass is 219 g/mol. The van der Waals surface area contributed by atoms with Crippen LogP contribution in [0.2, 0.25) is 0 Å². The molecule has 4 nitrogen and oxygen atoms in total. The molecule has 2 rings (SSSR count). The standard InChI is InChI=1S/C5HNO3S3/c7-5-11-2-1-10-4(6(8)9)3(2)12-5/h1H. The predicted molar refractivity (Wildman–Crippen MR) is 50.5 cm³/mol. The van der Waals surface area contributed by atoms with E-state index in [1.165, 1.54) is 0 Å². The first-order chi connectivity index (χ1) is 5.68. The van der Waals surface area contributed by atoms with Gasteiger partial charge in [0.2, 0.25) is 0 Å². The number of hydrogen-bond donors (Lipinski definition) is 0. The largest absolute Gasteiger partial charge is 0.342 e. The highest BCUT2D eigenvalue weighted by molar-refractivity contribution is 7.39. The molecule has 2 aromatic rings. The van der Waals surface area contributed by atoms with E-state index in [2.05, 4.69) is 0 Å². The van der Waals surface area contributed by atoms with Crippen LogP contribution in [0.25, 0.3) is 9.40 Å². The molecule has 2 heterocycles. The van der Waals surface area contributed by atoms with Crippen molar-refractivity contribution in [2.24, 2.45) is 0 Å². The molecule has 0 saturated carbocycles. The number of rotatable bonds is 1. The maximum absolute atomic E-state index is 10.8. The fourth-order valence-corrected chi connectivity index (χ4v) is 3.98. The summed E-state index contributed by atoms with van der Waals surface area (Å²) < 4.78 is 1.15. The van der Waals surface area contributed by atoms with Gasteiger partial charge in [-0.15, -0.1) is 0 Å². The Morgan fingerprint density at radius 2 is 2.17 bits per heavy atom. The summed E-state index contributed by atoms with van der Waals surface area (Å²) in [4.78, 5) is 20.8. The van der Waals surface area contributed by atoms with E-state index in [4.69, 9.17) is 0 Å². The molecule has 0 radical (unpaired) electrons. The van der Waals surface area contributed by atoms with E-state index in [0.29, 0.717) is 4.70 Å². The SMILES string of the molecule is O=c1sc2csc([N+](=O)[O-])c2s1. The summed E-state index contributed by atoms with van der Waals surface area (Å²) in [6, 6.07) is 0. The van der Waals surface area contributed by atoms with Crippen LogP contribution in [0.15, 0.2) is 10.2 Å². The highest BCUT2D eigenvalue weighted by Gasteiger charge is 2.17. The summed E-state index contributed by atoms with van der Waals surface area (Å²) in [5, 5.41) is 12.1. The first-order valence-corrected chi connectivity index (χ1v) is 5.35. The Hall–Kier alpha value is -0.790. The topological polar surface area (TPSA) is 60.2 Å². The van der Waals surface area contributed by atoms with Gasteiger partial charge in [-0.1, -0.05) is 34.0 Å². The molecule has 0 aliphatic heterocycles. The van der Waals surface area contributed by atoms with Gasteiger partial charge in [0.25, 0.3) is 4.06 Å². The fourth-order valence-electron chi connectivity index (χ4n) is 0.806. The molecule has 0 N–H and O–H groups in total. The van der Waals surface area contributed by atoms with E-state index in [0.717, 1.165) is 38.7 Å². The van der Waals surface area contributed by atoms with Crippen LogP contribution in [-0.4, -0.2) is 4.92 Å². The lowest BCUT2D eigenvalue weighted by atomic mass is 10.6. The molecule has 0 amide bonds. The second kappa shape index (κ2) is 2.61. The Morgan fingerprint density at radius 3 is 2.83 bits per heavy atom. The number of nitro groups is 1. The lowest BCUT2D eigenvalue weighted by Crippen LogP contribution is -1.82. The normalized spacial score (nSPS) is 10.7. The molecule has 0 unspecified atom stereocenters. The molecule has 7 heteroatoms. The second-order valence-electron chi connectivity index (χ2n) is 1.95. The van der Waals surface area contributed by atoms with E-state index < -0.39 is 4.92 Å². The smallest absolute Gasteiger partial charge is 0.265 e. The van der Waals surface area contributed by atoms with Crippen molar-refractivity contribution in [1.82, 2.24) is 0 Å². The summed E-state index contributed by atoms with van der Waals surface area (Å²) in [7, 11) is 0. The lowest BCUT2D eigenvalue weighted by molar-refractivity contribution is -0.378. The van der Waals surface area contributed by atoms with Crippen LogP contribution in [-0.2, 0) is 0 Å². The lowest BCUT2D eigenvalue weighted by Gasteiger charge is -1.79. The minimum Gasteiger partial charge on any atom is -0.265 e. The third-order valence-electron chi connectivity index (χ3n) is 1.24. The van der Waals surface area contributed by atoms with Crippen molar-refractivity contribution >= 4 is 48.4 Å². The van der Waals surface area contributed by atoms with Gasteiger partial charge in [0.05, 0.1) is 9.62 Å². The highest BCUT2D eigenvalue weighted by Crippen LogP contribution is 2.36. The van der Waals surface area contributed by atoms with Crippen molar-refractivity contribution in [2.45, 2.75) is 0 Å². The molecule has 0 aliphatic carbocycles. The summed E-state index contributed by atoms with van der Waals surface area (Å²) in [6.45, 7) is 0. The van der Waals surface area contributed by atoms with Gasteiger partial charge in [-0.2, -0.15) is 0 Å². The maximum atomic E-state index is 10.8. The minimum absolute atomic E-state index is 0.0772. The van der Waals surface area contributed by atoms with E-state index in [1.807, 2.05) is 0 Å². The van der Waals surface area contributed by atoms with Gasteiger partial charge in [-0.3, -0.25) is 14.9 Å². The zero-order chi connectivity index (χ0) is 8.72. The predicted octanol–water partition coefficient (Wildman–Crippen LogP) is 2.29. The Labute approximate surface area is 77.9 Å². The average Bonchev–Trinajstić information content (AvgIpc) is 2.43. The van der Waals surface area contributed by atoms with Gasteiger partial charge in [-0.05, 0) is 0 Å². The molecule has 0 fully saturated rings. The highest BCUT2D eigenvalue weighted by atomic mass is 32.2. The molecule has 62 valence electrons. The van der Waals surface area contributed by atoms with Crippen LogP contribution in [0, 0.1) is 10.1 Å². The van der Waals surface area contributed by atoms with E-state index >= 15 is 0 Å². The van der Waals surface area contributed by atoms with E-state index in [1.54, 1.807) is 5.38 Å². The molecule has 0 spiro atoms. The first-order valence-electron chi connectivity index (χ1n) is 2.84. The van der Waals surface area contributed by atoms with Crippen LogP contribution >= 0.6 is 34.0 Å². The number of hydrogen-bond acceptors (Lipinski definition) is 6. The third kappa shape index (κ3) is 1.06. The molecule has 0 bridgehead atoms. The van der Waals surface area contributed by atoms with Gasteiger partial charge in [0, 0.05) is 5.38 Å². The van der Waals surface area contributed by atoms with E-state index in [-0.39, 0.29) is 9.06 Å². The van der Waals surface area contributed by atoms with Gasteiger partial charge >= 0.3 is 5.00 Å². The molecule has 12 heavy (non-hydrogen) atoms. The Morgan fingerprint density at radius 1 is 1.42 bits per heavy atom. The van der Waals surface area contributed by atoms with Crippen LogP contribution in [0.3, 0.4) is 0 Å². The van der Waals surface area contributed by atoms with Crippen LogP contribution in [0.5, 0.6) is 0 Å². The van der Waals surface area contributed by atoms with Crippen LogP contribution < -0.4 is 4.06 Å². The van der Waals surface area contributed by atoms with Crippen molar-refractivity contribution in [3.63, 3.8) is 0 Å². The molecule has 0 atom stereocenters. The molecule has 0 aliphatic rings. The number of fused-ring (bicyclic) bond motifs is 1. The van der Waals surface area contributed by atoms with Gasteiger partial charge in [-0.25, -0.2) is 0 Å². The molecule has 0 aromatic carbocycles. The van der Waals surface area contributed by atoms with Gasteiger partial charge in [0.15, 0.2) is 0 Å². The third-order valence-corrected chi connectivity index (χ3v) is 4.57. The Kier molecular flexibility index (Phi) is 1.71. The fraction of sp³-hybridized carbons (Fsp3) is 0. The minimum atomic E-state index is -0.449. The summed E-state index contributed by atoms with van der Waals surface area (Å²) >= 11 is 3.07. The zero-order valence-corrected chi connectivity index (χ0v) is 7.92. The van der Waals surface area contributed by atoms with Gasteiger partial charge in [0.1, 0.15) is 4.70 Å². The summed E-state index contributed by atoms with van der Waals surface area (Å²) in [6.07, 6.45) is 0. The molecule has 2 aromatic heterocycles. The second-order valence-corrected chi connectivity index (χ2v) is 5.06. The average molecular weight is 219 g/mol. The van der Waals surface area contributed by atoms with Crippen molar-refractivity contribution in [3.05, 3.63) is 24.3 Å². The summed E-state index contributed by atoms with van der Waals surface area (Å²) in [5.41, 5.74) is 0. The van der Waals surface area contributed by atoms with Crippen molar-refractivity contribution < 1.29 is 4.92 Å². The first kappa shape index (κ1) is 7.84. The summed E-state index contributed by atoms with van der Waals surface area (Å²) in [5.74, 6) is 0. The quantitative estimate of drug-likeness (QED) is 0.546. The number of nitrogens with zero attached hydrogens (tertiary/aromatic N) is 1. The molecular weight excluding hydrogens is 218 g/mol. The number of thiophene rings is 1. The molecular formula is C5HNO3S3. The Bertz CT molecular complexity index is 493. The van der Waals surface area contributed by atoms with Gasteiger partial charge < -0.3 is 0 Å². The maximum Gasteiger partial charge on any atom is 0.342 e. The zero-order valence-electron chi connectivity index (χ0n) is 5.47. The molecule has 0 saturated heterocycles. The van der Waals surface area contributed by atoms with Crippen molar-refractivity contribution in [1.29, 1.82) is 0 Å². The Balaban J connectivity index is 2.85. The van der Waals surface area contributed by atoms with Crippen LogP contribution in [0.1, 0.15) is 0 Å². The van der Waals surface area contributed by atoms with Crippen LogP contribution in [0.4, 0.5) is 5.00 Å². The van der Waals surface area contributed by atoms with E-state index in [9.17, 15) is 14.9 Å².